The summed E-state index contributed by atoms with van der Waals surface area (Å²) in [7, 11) is 0. The van der Waals surface area contributed by atoms with Crippen molar-refractivity contribution in [3.63, 3.8) is 0 Å². The first-order valence-corrected chi connectivity index (χ1v) is 33.9. The second-order valence-corrected chi connectivity index (χ2v) is 23.2. The van der Waals surface area contributed by atoms with E-state index in [1.54, 1.807) is 6.08 Å². The van der Waals surface area contributed by atoms with Crippen LogP contribution in [0.5, 0.6) is 0 Å². The minimum absolute atomic E-state index is 0.256. The normalized spacial score (nSPS) is 24.2. The zero-order valence-electron chi connectivity index (χ0n) is 53.7. The number of allylic oxidation sites excluding steroid dienone is 21. The van der Waals surface area contributed by atoms with Crippen LogP contribution in [0.3, 0.4) is 0 Å². The summed E-state index contributed by atoms with van der Waals surface area (Å²) >= 11 is 0. The molecular weight excluding hydrogens is 1100 g/mol. The van der Waals surface area contributed by atoms with E-state index in [2.05, 4.69) is 141 Å². The van der Waals surface area contributed by atoms with Gasteiger partial charge in [0.2, 0.25) is 5.91 Å². The van der Waals surface area contributed by atoms with Gasteiger partial charge in [-0.2, -0.15) is 0 Å². The lowest BCUT2D eigenvalue weighted by atomic mass is 9.97. The summed E-state index contributed by atoms with van der Waals surface area (Å²) in [5.41, 5.74) is 0. The molecule has 12 atom stereocenters. The van der Waals surface area contributed by atoms with E-state index in [0.29, 0.717) is 6.42 Å². The highest BCUT2D eigenvalue weighted by atomic mass is 16.7. The summed E-state index contributed by atoms with van der Waals surface area (Å²) in [5.74, 6) is -0.259. The Bertz CT molecular complexity index is 1970. The summed E-state index contributed by atoms with van der Waals surface area (Å²) in [5, 5.41) is 87.3. The molecule has 12 unspecified atom stereocenters. The van der Waals surface area contributed by atoms with Gasteiger partial charge in [0.15, 0.2) is 12.6 Å². The fraction of sp³-hybridized carbons (Fsp3) is 0.685. The molecule has 0 aromatic carbocycles. The van der Waals surface area contributed by atoms with E-state index < -0.39 is 86.8 Å². The van der Waals surface area contributed by atoms with Crippen molar-refractivity contribution in [3.8, 4) is 0 Å². The van der Waals surface area contributed by atoms with E-state index in [9.17, 15) is 45.6 Å². The van der Waals surface area contributed by atoms with Gasteiger partial charge in [0.25, 0.3) is 0 Å². The molecule has 0 aromatic heterocycles. The van der Waals surface area contributed by atoms with Crippen LogP contribution in [-0.2, 0) is 23.7 Å². The number of amides is 1. The summed E-state index contributed by atoms with van der Waals surface area (Å²) in [4.78, 5) is 13.3. The van der Waals surface area contributed by atoms with Gasteiger partial charge in [0.1, 0.15) is 48.8 Å². The van der Waals surface area contributed by atoms with Gasteiger partial charge in [0, 0.05) is 6.42 Å². The van der Waals surface area contributed by atoms with Gasteiger partial charge < -0.3 is 65.1 Å². The topological polar surface area (TPSA) is 228 Å². The molecule has 0 bridgehead atoms. The summed E-state index contributed by atoms with van der Waals surface area (Å²) in [6.45, 7) is 2.66. The number of nitrogens with one attached hydrogen (secondary N) is 1. The summed E-state index contributed by atoms with van der Waals surface area (Å²) in [6.07, 6.45) is 66.3. The van der Waals surface area contributed by atoms with E-state index in [0.717, 1.165) is 122 Å². The Hall–Kier alpha value is -3.87. The van der Waals surface area contributed by atoms with Gasteiger partial charge in [-0.25, -0.2) is 0 Å². The second-order valence-electron chi connectivity index (χ2n) is 23.2. The van der Waals surface area contributed by atoms with E-state index >= 15 is 0 Å². The largest absolute Gasteiger partial charge is 0.394 e. The monoisotopic (exact) mass is 1220 g/mol. The average molecular weight is 1220 g/mol. The number of hydrogen-bond donors (Lipinski definition) is 9. The Kier molecular flexibility index (Phi) is 51.1. The highest BCUT2D eigenvalue weighted by Gasteiger charge is 2.51. The SMILES string of the molecule is CC/C=C\C/C=C\C/C=C\C/C=C\C/C=C\C/C=C\C/C=C\C/C=C\C/C=C\C/C=C\CCCCCCCCC(=O)NC(COC1OC(CO)C(OC2OC(CO)C(O)C(O)C2O)C(O)C1O)C(O)/C=C/CCCCCCCCCCCCCCCC. The quantitative estimate of drug-likeness (QED) is 0.0204. The molecule has 2 heterocycles. The molecule has 496 valence electrons. The van der Waals surface area contributed by atoms with Crippen molar-refractivity contribution < 1.29 is 64.6 Å². The van der Waals surface area contributed by atoms with Crippen molar-refractivity contribution in [1.29, 1.82) is 0 Å². The third-order valence-electron chi connectivity index (χ3n) is 15.6. The highest BCUT2D eigenvalue weighted by Crippen LogP contribution is 2.30. The van der Waals surface area contributed by atoms with E-state index in [4.69, 9.17) is 18.9 Å². The van der Waals surface area contributed by atoms with Crippen molar-refractivity contribution >= 4 is 5.91 Å². The first-order chi connectivity index (χ1) is 42.6. The molecule has 2 aliphatic heterocycles. The molecule has 0 saturated carbocycles. The molecule has 0 aromatic rings. The van der Waals surface area contributed by atoms with Gasteiger partial charge >= 0.3 is 0 Å². The van der Waals surface area contributed by atoms with Crippen LogP contribution < -0.4 is 5.32 Å². The molecule has 14 nitrogen and oxygen atoms in total. The Labute approximate surface area is 526 Å². The fourth-order valence-corrected chi connectivity index (χ4v) is 10.2. The zero-order chi connectivity index (χ0) is 63.1. The number of rotatable bonds is 53. The molecule has 87 heavy (non-hydrogen) atoms. The van der Waals surface area contributed by atoms with Crippen LogP contribution in [0.1, 0.15) is 226 Å². The van der Waals surface area contributed by atoms with E-state index in [1.807, 2.05) is 6.08 Å². The van der Waals surface area contributed by atoms with Crippen molar-refractivity contribution in [3.05, 3.63) is 134 Å². The first kappa shape index (κ1) is 79.2. The van der Waals surface area contributed by atoms with E-state index in [1.165, 1.54) is 77.0 Å². The Morgan fingerprint density at radius 1 is 0.425 bits per heavy atom. The Balaban J connectivity index is 1.68. The standard InChI is InChI=1S/C73H121NO13/c1-3-5-7-9-11-13-15-17-19-21-22-23-24-25-26-27-28-29-30-31-32-33-34-35-36-37-38-39-40-41-43-45-47-49-51-53-55-57-65(78)74-61(62(77)56-54-52-50-48-46-44-42-20-18-16-14-12-10-8-6-4-2)60-84-72-70(83)68(81)71(64(59-76)86-72)87-73-69(82)67(80)66(79)63(58-75)85-73/h5,7,11,13,17,19,22-23,25-26,28-29,31-32,34-35,37-38,40-41,54,56,61-64,66-73,75-77,79-83H,3-4,6,8-10,12,14-16,18,20-21,24,27,30,33,36,39,42-53,55,57-60H2,1-2H3,(H,74,78)/b7-5-,13-11-,19-17-,23-22-,26-25-,29-28-,32-31-,35-34-,38-37-,41-40-,56-54+. The predicted molar refractivity (Wildman–Crippen MR) is 355 cm³/mol. The third kappa shape index (κ3) is 40.5. The summed E-state index contributed by atoms with van der Waals surface area (Å²) in [6, 6.07) is -0.933. The zero-order valence-corrected chi connectivity index (χ0v) is 53.7. The average Bonchev–Trinajstić information content (AvgIpc) is 2.36. The highest BCUT2D eigenvalue weighted by molar-refractivity contribution is 5.76. The molecule has 0 spiro atoms. The van der Waals surface area contributed by atoms with Gasteiger partial charge in [-0.15, -0.1) is 0 Å². The molecule has 9 N–H and O–H groups in total. The molecule has 2 fully saturated rings. The van der Waals surface area contributed by atoms with E-state index in [-0.39, 0.29) is 18.9 Å². The lowest BCUT2D eigenvalue weighted by Gasteiger charge is -2.46. The van der Waals surface area contributed by atoms with Crippen LogP contribution in [-0.4, -0.2) is 140 Å². The lowest BCUT2D eigenvalue weighted by Crippen LogP contribution is -2.65. The Morgan fingerprint density at radius 2 is 0.793 bits per heavy atom. The predicted octanol–water partition coefficient (Wildman–Crippen LogP) is 13.5. The van der Waals surface area contributed by atoms with Gasteiger partial charge in [0.05, 0.1) is 32.0 Å². The number of aliphatic hydroxyl groups is 8. The number of unbranched alkanes of at least 4 members (excludes halogenated alkanes) is 20. The van der Waals surface area contributed by atoms with Gasteiger partial charge in [-0.05, 0) is 96.3 Å². The molecule has 2 rings (SSSR count). The molecular formula is C73H121NO13. The van der Waals surface area contributed by atoms with Gasteiger partial charge in [-0.3, -0.25) is 4.79 Å². The molecule has 2 aliphatic rings. The molecule has 0 aliphatic carbocycles. The maximum atomic E-state index is 13.3. The molecule has 2 saturated heterocycles. The van der Waals surface area contributed by atoms with Crippen molar-refractivity contribution in [1.82, 2.24) is 5.32 Å². The second kappa shape index (κ2) is 56.1. The van der Waals surface area contributed by atoms with Crippen molar-refractivity contribution in [2.45, 2.75) is 299 Å². The van der Waals surface area contributed by atoms with Gasteiger partial charge in [-0.1, -0.05) is 257 Å². The smallest absolute Gasteiger partial charge is 0.220 e. The number of ether oxygens (including phenoxy) is 4. The maximum absolute atomic E-state index is 13.3. The number of carbonyl (C=O) groups is 1. The fourth-order valence-electron chi connectivity index (χ4n) is 10.2. The van der Waals surface area contributed by atoms with Crippen molar-refractivity contribution in [2.75, 3.05) is 19.8 Å². The van der Waals surface area contributed by atoms with Crippen LogP contribution in [0.4, 0.5) is 0 Å². The molecule has 0 radical (unpaired) electrons. The van der Waals surface area contributed by atoms with Crippen LogP contribution in [0, 0.1) is 0 Å². The van der Waals surface area contributed by atoms with Crippen LogP contribution in [0.2, 0.25) is 0 Å². The number of aliphatic hydroxyl groups excluding tert-OH is 8. The van der Waals surface area contributed by atoms with Crippen molar-refractivity contribution in [2.24, 2.45) is 0 Å². The minimum atomic E-state index is -1.80. The van der Waals surface area contributed by atoms with Crippen LogP contribution in [0.25, 0.3) is 0 Å². The van der Waals surface area contributed by atoms with Crippen LogP contribution in [0.15, 0.2) is 134 Å². The summed E-state index contributed by atoms with van der Waals surface area (Å²) < 4.78 is 22.8. The lowest BCUT2D eigenvalue weighted by molar-refractivity contribution is -0.359. The molecule has 14 heteroatoms. The molecule has 1 amide bonds. The first-order valence-electron chi connectivity index (χ1n) is 33.9. The minimum Gasteiger partial charge on any atom is -0.394 e. The number of hydrogen-bond acceptors (Lipinski definition) is 13. The third-order valence-corrected chi connectivity index (χ3v) is 15.6. The van der Waals surface area contributed by atoms with Crippen LogP contribution >= 0.6 is 0 Å². The maximum Gasteiger partial charge on any atom is 0.220 e. The Morgan fingerprint density at radius 3 is 1.22 bits per heavy atom. The number of carbonyl (C=O) groups excluding carboxylic acids is 1.